The van der Waals surface area contributed by atoms with E-state index >= 15 is 0 Å². The Morgan fingerprint density at radius 1 is 0.952 bits per heavy atom. The maximum absolute atomic E-state index is 12.1. The van der Waals surface area contributed by atoms with E-state index in [1.807, 2.05) is 30.5 Å². The van der Waals surface area contributed by atoms with Crippen LogP contribution in [0.15, 0.2) is 54.7 Å². The third kappa shape index (κ3) is 3.18. The standard InChI is InChI=1S/C16H12F3NO/c17-16(18,19)21-13-7-5-11(6-8-13)9-12-10-20-15-4-2-1-3-14(12)15/h1-8,10,20H,9H2. The van der Waals surface area contributed by atoms with Crippen molar-refractivity contribution in [3.05, 3.63) is 65.9 Å². The molecule has 21 heavy (non-hydrogen) atoms. The smallest absolute Gasteiger partial charge is 0.406 e. The van der Waals surface area contributed by atoms with Gasteiger partial charge in [-0.2, -0.15) is 0 Å². The monoisotopic (exact) mass is 291 g/mol. The van der Waals surface area contributed by atoms with Gasteiger partial charge in [0.2, 0.25) is 0 Å². The van der Waals surface area contributed by atoms with E-state index in [1.165, 1.54) is 12.1 Å². The van der Waals surface area contributed by atoms with Gasteiger partial charge in [-0.15, -0.1) is 13.2 Å². The lowest BCUT2D eigenvalue weighted by Gasteiger charge is -2.09. The molecule has 0 saturated heterocycles. The minimum atomic E-state index is -4.65. The van der Waals surface area contributed by atoms with Crippen LogP contribution < -0.4 is 4.74 Å². The van der Waals surface area contributed by atoms with Crippen LogP contribution in [0, 0.1) is 0 Å². The first-order valence-electron chi connectivity index (χ1n) is 6.41. The van der Waals surface area contributed by atoms with Crippen molar-refractivity contribution in [3.8, 4) is 5.75 Å². The van der Waals surface area contributed by atoms with Crippen molar-refractivity contribution < 1.29 is 17.9 Å². The third-order valence-corrected chi connectivity index (χ3v) is 3.23. The van der Waals surface area contributed by atoms with Crippen molar-refractivity contribution in [2.24, 2.45) is 0 Å². The molecule has 2 nitrogen and oxygen atoms in total. The van der Waals surface area contributed by atoms with Gasteiger partial charge < -0.3 is 9.72 Å². The van der Waals surface area contributed by atoms with Gasteiger partial charge in [-0.1, -0.05) is 30.3 Å². The summed E-state index contributed by atoms with van der Waals surface area (Å²) in [5.74, 6) is -0.204. The summed E-state index contributed by atoms with van der Waals surface area (Å²) in [5, 5.41) is 1.12. The van der Waals surface area contributed by atoms with Gasteiger partial charge in [0.05, 0.1) is 0 Å². The quantitative estimate of drug-likeness (QED) is 0.746. The molecule has 5 heteroatoms. The molecule has 1 heterocycles. The lowest BCUT2D eigenvalue weighted by molar-refractivity contribution is -0.274. The predicted molar refractivity (Wildman–Crippen MR) is 74.2 cm³/mol. The molecule has 108 valence electrons. The average Bonchev–Trinajstić information content (AvgIpc) is 2.83. The highest BCUT2D eigenvalue weighted by molar-refractivity contribution is 5.83. The zero-order chi connectivity index (χ0) is 14.9. The van der Waals surface area contributed by atoms with Gasteiger partial charge in [0.25, 0.3) is 0 Å². The van der Waals surface area contributed by atoms with E-state index in [2.05, 4.69) is 9.72 Å². The second kappa shape index (κ2) is 5.16. The highest BCUT2D eigenvalue weighted by Gasteiger charge is 2.30. The number of fused-ring (bicyclic) bond motifs is 1. The minimum Gasteiger partial charge on any atom is -0.406 e. The number of benzene rings is 2. The van der Waals surface area contributed by atoms with Crippen LogP contribution in [0.5, 0.6) is 5.75 Å². The highest BCUT2D eigenvalue weighted by Crippen LogP contribution is 2.25. The van der Waals surface area contributed by atoms with Crippen molar-refractivity contribution in [1.82, 2.24) is 4.98 Å². The number of H-pyrrole nitrogens is 1. The number of halogens is 3. The lowest BCUT2D eigenvalue weighted by Crippen LogP contribution is -2.17. The minimum absolute atomic E-state index is 0.204. The maximum atomic E-state index is 12.1. The van der Waals surface area contributed by atoms with Crippen LogP contribution in [0.4, 0.5) is 13.2 Å². The van der Waals surface area contributed by atoms with Crippen LogP contribution >= 0.6 is 0 Å². The van der Waals surface area contributed by atoms with Gasteiger partial charge in [0.1, 0.15) is 5.75 Å². The van der Waals surface area contributed by atoms with Crippen molar-refractivity contribution >= 4 is 10.9 Å². The summed E-state index contributed by atoms with van der Waals surface area (Å²) in [4.78, 5) is 3.18. The molecule has 1 aromatic heterocycles. The molecule has 3 rings (SSSR count). The molecule has 0 saturated carbocycles. The van der Waals surface area contributed by atoms with Crippen molar-refractivity contribution in [2.75, 3.05) is 0 Å². The summed E-state index contributed by atoms with van der Waals surface area (Å²) in [6, 6.07) is 13.9. The molecule has 0 radical (unpaired) electrons. The number of alkyl halides is 3. The number of rotatable bonds is 3. The van der Waals surface area contributed by atoms with E-state index in [9.17, 15) is 13.2 Å². The van der Waals surface area contributed by atoms with Gasteiger partial charge >= 0.3 is 6.36 Å². The number of hydrogen-bond acceptors (Lipinski definition) is 1. The Morgan fingerprint density at radius 3 is 2.38 bits per heavy atom. The van der Waals surface area contributed by atoms with Crippen LogP contribution in [0.3, 0.4) is 0 Å². The summed E-state index contributed by atoms with van der Waals surface area (Å²) in [6.07, 6.45) is -2.08. The van der Waals surface area contributed by atoms with Crippen molar-refractivity contribution in [2.45, 2.75) is 12.8 Å². The fourth-order valence-electron chi connectivity index (χ4n) is 2.31. The molecule has 0 unspecified atom stereocenters. The van der Waals surface area contributed by atoms with Gasteiger partial charge in [-0.05, 0) is 35.7 Å². The molecule has 0 spiro atoms. The molecule has 0 amide bonds. The van der Waals surface area contributed by atoms with Crippen LogP contribution in [0.1, 0.15) is 11.1 Å². The summed E-state index contributed by atoms with van der Waals surface area (Å²) >= 11 is 0. The van der Waals surface area contributed by atoms with E-state index in [1.54, 1.807) is 12.1 Å². The first-order chi connectivity index (χ1) is 10.0. The Labute approximate surface area is 119 Å². The molecule has 3 aromatic rings. The number of para-hydroxylation sites is 1. The topological polar surface area (TPSA) is 25.0 Å². The normalized spacial score (nSPS) is 11.8. The van der Waals surface area contributed by atoms with Gasteiger partial charge in [-0.3, -0.25) is 0 Å². The number of ether oxygens (including phenoxy) is 1. The number of aromatic amines is 1. The second-order valence-electron chi connectivity index (χ2n) is 4.73. The van der Waals surface area contributed by atoms with Crippen LogP contribution in [-0.2, 0) is 6.42 Å². The Balaban J connectivity index is 1.79. The zero-order valence-electron chi connectivity index (χ0n) is 10.9. The summed E-state index contributed by atoms with van der Waals surface area (Å²) in [5.41, 5.74) is 3.08. The van der Waals surface area contributed by atoms with Crippen LogP contribution in [0.25, 0.3) is 10.9 Å². The fraction of sp³-hybridized carbons (Fsp3) is 0.125. The van der Waals surface area contributed by atoms with Gasteiger partial charge in [0.15, 0.2) is 0 Å². The maximum Gasteiger partial charge on any atom is 0.573 e. The SMILES string of the molecule is FC(F)(F)Oc1ccc(Cc2c[nH]c3ccccc23)cc1. The lowest BCUT2D eigenvalue weighted by atomic mass is 10.0. The van der Waals surface area contributed by atoms with Crippen LogP contribution in [-0.4, -0.2) is 11.3 Å². The first kappa shape index (κ1) is 13.5. The largest absolute Gasteiger partial charge is 0.573 e. The van der Waals surface area contributed by atoms with Crippen LogP contribution in [0.2, 0.25) is 0 Å². The molecule has 1 N–H and O–H groups in total. The second-order valence-corrected chi connectivity index (χ2v) is 4.73. The van der Waals surface area contributed by atoms with E-state index in [0.29, 0.717) is 6.42 Å². The molecule has 0 aliphatic carbocycles. The van der Waals surface area contributed by atoms with Gasteiger partial charge in [-0.25, -0.2) is 0 Å². The Kier molecular flexibility index (Phi) is 3.33. The molecular weight excluding hydrogens is 279 g/mol. The van der Waals surface area contributed by atoms with Gasteiger partial charge in [0, 0.05) is 17.1 Å². The number of nitrogens with one attached hydrogen (secondary N) is 1. The Morgan fingerprint density at radius 2 is 1.67 bits per heavy atom. The van der Waals surface area contributed by atoms with E-state index in [4.69, 9.17) is 0 Å². The molecule has 0 fully saturated rings. The van der Waals surface area contributed by atoms with Crippen molar-refractivity contribution in [1.29, 1.82) is 0 Å². The highest BCUT2D eigenvalue weighted by atomic mass is 19.4. The zero-order valence-corrected chi connectivity index (χ0v) is 10.9. The number of aromatic nitrogens is 1. The molecule has 2 aromatic carbocycles. The Hall–Kier alpha value is -2.43. The molecular formula is C16H12F3NO. The van der Waals surface area contributed by atoms with E-state index in [0.717, 1.165) is 22.0 Å². The average molecular weight is 291 g/mol. The Bertz CT molecular complexity index is 744. The van der Waals surface area contributed by atoms with E-state index in [-0.39, 0.29) is 5.75 Å². The molecule has 0 atom stereocenters. The third-order valence-electron chi connectivity index (χ3n) is 3.23. The first-order valence-corrected chi connectivity index (χ1v) is 6.41. The number of hydrogen-bond donors (Lipinski definition) is 1. The van der Waals surface area contributed by atoms with E-state index < -0.39 is 6.36 Å². The summed E-state index contributed by atoms with van der Waals surface area (Å²) < 4.78 is 40.1. The summed E-state index contributed by atoms with van der Waals surface area (Å²) in [7, 11) is 0. The molecule has 0 bridgehead atoms. The van der Waals surface area contributed by atoms with Crippen molar-refractivity contribution in [3.63, 3.8) is 0 Å². The summed E-state index contributed by atoms with van der Waals surface area (Å²) in [6.45, 7) is 0. The molecule has 0 aliphatic rings. The predicted octanol–water partition coefficient (Wildman–Crippen LogP) is 4.66. The fourth-order valence-corrected chi connectivity index (χ4v) is 2.31. The molecule has 0 aliphatic heterocycles.